The maximum Gasteiger partial charge on any atom is 0.0702 e. The predicted molar refractivity (Wildman–Crippen MR) is 82.4 cm³/mol. The quantitative estimate of drug-likeness (QED) is 0.725. The van der Waals surface area contributed by atoms with Crippen molar-refractivity contribution in [2.45, 2.75) is 32.6 Å². The molecule has 0 saturated carbocycles. The second kappa shape index (κ2) is 5.75. The number of thioether (sulfide) groups is 1. The van der Waals surface area contributed by atoms with Crippen molar-refractivity contribution in [3.63, 3.8) is 0 Å². The number of hydrogen-bond acceptors (Lipinski definition) is 2. The van der Waals surface area contributed by atoms with E-state index in [0.29, 0.717) is 0 Å². The Bertz CT molecular complexity index is 519. The second-order valence-electron chi connectivity index (χ2n) is 5.25. The first-order valence-corrected chi connectivity index (χ1v) is 7.72. The van der Waals surface area contributed by atoms with Crippen LogP contribution in [-0.4, -0.2) is 16.5 Å². The van der Waals surface area contributed by atoms with Crippen LogP contribution in [0.5, 0.6) is 0 Å². The van der Waals surface area contributed by atoms with E-state index in [4.69, 9.17) is 0 Å². The first kappa shape index (κ1) is 13.4. The number of pyridine rings is 1. The molecule has 0 saturated heterocycles. The molecule has 2 aromatic rings. The molecule has 0 atom stereocenters. The molecule has 1 heterocycles. The highest BCUT2D eigenvalue weighted by atomic mass is 32.2. The third-order valence-electron chi connectivity index (χ3n) is 3.45. The van der Waals surface area contributed by atoms with Gasteiger partial charge in [0.25, 0.3) is 0 Å². The van der Waals surface area contributed by atoms with Crippen LogP contribution in [-0.2, 0) is 5.41 Å². The maximum atomic E-state index is 4.57. The van der Waals surface area contributed by atoms with Crippen molar-refractivity contribution in [1.82, 2.24) is 4.98 Å². The monoisotopic (exact) mass is 259 g/mol. The number of aromatic nitrogens is 1. The average Bonchev–Trinajstić information content (AvgIpc) is 2.38. The molecule has 0 bridgehead atoms. The van der Waals surface area contributed by atoms with E-state index in [2.05, 4.69) is 50.0 Å². The van der Waals surface area contributed by atoms with Crippen LogP contribution in [0.2, 0.25) is 0 Å². The zero-order valence-electron chi connectivity index (χ0n) is 11.4. The number of hydrogen-bond donors (Lipinski definition) is 0. The van der Waals surface area contributed by atoms with Gasteiger partial charge in [-0.05, 0) is 41.0 Å². The molecule has 96 valence electrons. The smallest absolute Gasteiger partial charge is 0.0702 e. The number of nitrogens with zero attached hydrogens (tertiary/aromatic N) is 1. The fraction of sp³-hybridized carbons (Fsp3) is 0.438. The molecular formula is C16H21NS. The summed E-state index contributed by atoms with van der Waals surface area (Å²) in [6, 6.07) is 10.6. The van der Waals surface area contributed by atoms with Gasteiger partial charge in [-0.25, -0.2) is 0 Å². The third kappa shape index (κ3) is 3.05. The van der Waals surface area contributed by atoms with Gasteiger partial charge in [-0.2, -0.15) is 11.8 Å². The Hall–Kier alpha value is -1.02. The molecule has 0 unspecified atom stereocenters. The molecule has 0 spiro atoms. The first-order chi connectivity index (χ1) is 8.63. The molecule has 0 amide bonds. The van der Waals surface area contributed by atoms with Gasteiger partial charge in [0.1, 0.15) is 0 Å². The second-order valence-corrected chi connectivity index (χ2v) is 6.64. The molecule has 0 aliphatic carbocycles. The molecule has 1 aromatic heterocycles. The van der Waals surface area contributed by atoms with E-state index in [1.54, 1.807) is 0 Å². The summed E-state index contributed by atoms with van der Waals surface area (Å²) < 4.78 is 0. The summed E-state index contributed by atoms with van der Waals surface area (Å²) in [5.74, 6) is 2.42. The summed E-state index contributed by atoms with van der Waals surface area (Å²) in [5, 5.41) is 1.24. The summed E-state index contributed by atoms with van der Waals surface area (Å²) in [7, 11) is 0. The summed E-state index contributed by atoms with van der Waals surface area (Å²) in [5.41, 5.74) is 2.64. The Balaban J connectivity index is 2.23. The minimum Gasteiger partial charge on any atom is -0.256 e. The average molecular weight is 259 g/mol. The van der Waals surface area contributed by atoms with Crippen molar-refractivity contribution in [3.8, 4) is 0 Å². The molecule has 0 radical (unpaired) electrons. The standard InChI is InChI=1S/C16H21NS/c1-4-18-10-9-16(2,3)14-11-13-7-5-6-8-15(13)17-12-14/h5-8,11-12H,4,9-10H2,1-3H3. The molecule has 0 fully saturated rings. The zero-order chi connectivity index (χ0) is 13.0. The van der Waals surface area contributed by atoms with Crippen LogP contribution in [0, 0.1) is 0 Å². The molecule has 0 aliphatic rings. The fourth-order valence-electron chi connectivity index (χ4n) is 2.06. The van der Waals surface area contributed by atoms with Gasteiger partial charge in [-0.15, -0.1) is 0 Å². The lowest BCUT2D eigenvalue weighted by atomic mass is 9.83. The van der Waals surface area contributed by atoms with Crippen LogP contribution >= 0.6 is 11.8 Å². The zero-order valence-corrected chi connectivity index (χ0v) is 12.3. The largest absolute Gasteiger partial charge is 0.256 e. The van der Waals surface area contributed by atoms with E-state index < -0.39 is 0 Å². The van der Waals surface area contributed by atoms with Crippen LogP contribution < -0.4 is 0 Å². The number of para-hydroxylation sites is 1. The van der Waals surface area contributed by atoms with Gasteiger partial charge in [0.05, 0.1) is 5.52 Å². The lowest BCUT2D eigenvalue weighted by Crippen LogP contribution is -2.18. The van der Waals surface area contributed by atoms with Gasteiger partial charge < -0.3 is 0 Å². The fourth-order valence-corrected chi connectivity index (χ4v) is 3.00. The molecule has 2 rings (SSSR count). The maximum absolute atomic E-state index is 4.57. The summed E-state index contributed by atoms with van der Waals surface area (Å²) >= 11 is 2.01. The first-order valence-electron chi connectivity index (χ1n) is 6.56. The molecular weight excluding hydrogens is 238 g/mol. The summed E-state index contributed by atoms with van der Waals surface area (Å²) in [6.45, 7) is 6.85. The summed E-state index contributed by atoms with van der Waals surface area (Å²) in [6.07, 6.45) is 3.24. The third-order valence-corrected chi connectivity index (χ3v) is 4.35. The highest BCUT2D eigenvalue weighted by Gasteiger charge is 2.20. The van der Waals surface area contributed by atoms with Crippen LogP contribution in [0.15, 0.2) is 36.5 Å². The van der Waals surface area contributed by atoms with E-state index in [-0.39, 0.29) is 5.41 Å². The van der Waals surface area contributed by atoms with Crippen molar-refractivity contribution >= 4 is 22.7 Å². The Morgan fingerprint density at radius 3 is 2.78 bits per heavy atom. The van der Waals surface area contributed by atoms with Gasteiger partial charge in [0.2, 0.25) is 0 Å². The van der Waals surface area contributed by atoms with Gasteiger partial charge >= 0.3 is 0 Å². The van der Waals surface area contributed by atoms with Gasteiger partial charge in [0.15, 0.2) is 0 Å². The van der Waals surface area contributed by atoms with Gasteiger partial charge in [0, 0.05) is 11.6 Å². The van der Waals surface area contributed by atoms with Crippen LogP contribution in [0.25, 0.3) is 10.9 Å². The Labute approximate surface area is 114 Å². The minimum atomic E-state index is 0.208. The van der Waals surface area contributed by atoms with E-state index in [9.17, 15) is 0 Å². The van der Waals surface area contributed by atoms with Crippen LogP contribution in [0.3, 0.4) is 0 Å². The topological polar surface area (TPSA) is 12.9 Å². The van der Waals surface area contributed by atoms with Crippen molar-refractivity contribution in [2.75, 3.05) is 11.5 Å². The number of benzene rings is 1. The lowest BCUT2D eigenvalue weighted by Gasteiger charge is -2.25. The Kier molecular flexibility index (Phi) is 4.28. The van der Waals surface area contributed by atoms with Crippen molar-refractivity contribution in [3.05, 3.63) is 42.1 Å². The number of rotatable bonds is 5. The van der Waals surface area contributed by atoms with Crippen LogP contribution in [0.1, 0.15) is 32.8 Å². The highest BCUT2D eigenvalue weighted by molar-refractivity contribution is 7.99. The summed E-state index contributed by atoms with van der Waals surface area (Å²) in [4.78, 5) is 4.57. The SMILES string of the molecule is CCSCCC(C)(C)c1cnc2ccccc2c1. The van der Waals surface area contributed by atoms with E-state index in [1.165, 1.54) is 28.9 Å². The molecule has 1 nitrogen and oxygen atoms in total. The van der Waals surface area contributed by atoms with Gasteiger partial charge in [-0.1, -0.05) is 39.0 Å². The van der Waals surface area contributed by atoms with E-state index in [1.807, 2.05) is 24.0 Å². The molecule has 0 aliphatic heterocycles. The number of fused-ring (bicyclic) bond motifs is 1. The predicted octanol–water partition coefficient (Wildman–Crippen LogP) is 4.66. The molecule has 18 heavy (non-hydrogen) atoms. The highest BCUT2D eigenvalue weighted by Crippen LogP contribution is 2.29. The van der Waals surface area contributed by atoms with Crippen molar-refractivity contribution in [1.29, 1.82) is 0 Å². The van der Waals surface area contributed by atoms with Crippen LogP contribution in [0.4, 0.5) is 0 Å². The van der Waals surface area contributed by atoms with E-state index >= 15 is 0 Å². The minimum absolute atomic E-state index is 0.208. The molecule has 2 heteroatoms. The van der Waals surface area contributed by atoms with Crippen molar-refractivity contribution < 1.29 is 0 Å². The Morgan fingerprint density at radius 2 is 2.00 bits per heavy atom. The van der Waals surface area contributed by atoms with Gasteiger partial charge in [-0.3, -0.25) is 4.98 Å². The Morgan fingerprint density at radius 1 is 1.22 bits per heavy atom. The molecule has 0 N–H and O–H groups in total. The van der Waals surface area contributed by atoms with Crippen molar-refractivity contribution in [2.24, 2.45) is 0 Å². The normalized spacial score (nSPS) is 11.9. The molecule has 1 aromatic carbocycles. The lowest BCUT2D eigenvalue weighted by molar-refractivity contribution is 0.510. The van der Waals surface area contributed by atoms with E-state index in [0.717, 1.165) is 5.52 Å².